The summed E-state index contributed by atoms with van der Waals surface area (Å²) in [4.78, 5) is 14.6. The smallest absolute Gasteiger partial charge is 0.458 e. The Morgan fingerprint density at radius 1 is 1.23 bits per heavy atom. The zero-order valence-electron chi connectivity index (χ0n) is 23.4. The zero-order valence-corrected chi connectivity index (χ0v) is 25.0. The van der Waals surface area contributed by atoms with Gasteiger partial charge in [0, 0.05) is 40.9 Å². The lowest BCUT2D eigenvalue weighted by Gasteiger charge is -2.49. The average Bonchev–Trinajstić information content (AvgIpc) is 3.35. The zero-order chi connectivity index (χ0) is 28.3. The van der Waals surface area contributed by atoms with E-state index in [1.165, 1.54) is 11.1 Å². The van der Waals surface area contributed by atoms with E-state index < -0.39 is 5.91 Å². The fourth-order valence-electron chi connectivity index (χ4n) is 6.78. The molecule has 0 aromatic heterocycles. The van der Waals surface area contributed by atoms with Crippen molar-refractivity contribution in [3.05, 3.63) is 70.3 Å². The van der Waals surface area contributed by atoms with E-state index in [0.717, 1.165) is 61.5 Å². The number of fused-ring (bicyclic) bond motifs is 2. The van der Waals surface area contributed by atoms with E-state index in [2.05, 4.69) is 36.1 Å². The number of rotatable bonds is 8. The van der Waals surface area contributed by atoms with E-state index in [1.54, 1.807) is 6.07 Å². The summed E-state index contributed by atoms with van der Waals surface area (Å²) in [6.45, 7) is 4.26. The van der Waals surface area contributed by atoms with Crippen LogP contribution in [0.2, 0.25) is 5.02 Å². The van der Waals surface area contributed by atoms with Gasteiger partial charge in [-0.2, -0.15) is 0 Å². The fraction of sp³-hybridized carbons (Fsp3) is 0.531. The normalized spacial score (nSPS) is 27.0. The highest BCUT2D eigenvalue weighted by Crippen LogP contribution is 2.51. The Bertz CT molecular complexity index is 1270. The molecule has 0 bridgehead atoms. The van der Waals surface area contributed by atoms with E-state index in [0.29, 0.717) is 59.8 Å². The van der Waals surface area contributed by atoms with E-state index in [1.807, 2.05) is 25.3 Å². The summed E-state index contributed by atoms with van der Waals surface area (Å²) in [5.41, 5.74) is 9.28. The van der Waals surface area contributed by atoms with Crippen LogP contribution < -0.4 is 15.4 Å². The number of aryl methyl sites for hydroxylation is 1. The molecule has 3 aliphatic rings. The Hall–Kier alpha value is -2.48. The van der Waals surface area contributed by atoms with Gasteiger partial charge in [0.2, 0.25) is 11.7 Å². The van der Waals surface area contributed by atoms with Gasteiger partial charge in [-0.1, -0.05) is 36.7 Å². The molecule has 2 N–H and O–H groups in total. The predicted octanol–water partition coefficient (Wildman–Crippen LogP) is 6.21. The molecule has 0 radical (unpaired) electrons. The Morgan fingerprint density at radius 3 is 2.80 bits per heavy atom. The molecule has 5 rings (SSSR count). The minimum atomic E-state index is -0.448. The summed E-state index contributed by atoms with van der Waals surface area (Å²) < 4.78 is 23.8. The number of carbonyl (C=O) groups excluding carboxylic acids is 1. The highest BCUT2D eigenvalue weighted by Gasteiger charge is 2.50. The molecule has 8 heteroatoms. The maximum absolute atomic E-state index is 12.2. The quantitative estimate of drug-likeness (QED) is 0.295. The third kappa shape index (κ3) is 6.07. The highest BCUT2D eigenvalue weighted by molar-refractivity contribution is 7.65. The number of amides is 1. The standard InChI is InChI=1S/C32H39ClN2O4S/c1-21(20-40-37)24-12-13-32(17-24,38-2)28-10-7-26(28)19-35-18-25-6-9-27(33)15-22(25)5-3-4-14-39-30-11-8-23(31(34)36)16-29(30)35/h6,8-9,11-13,15-16,21,24,26,28H,3-5,7,10,14,17-20H2,1-2H3,(H-,34,36)/p+1/t21-,24?,26+,28-,32?/m1/s1. The molecule has 1 amide bonds. The van der Waals surface area contributed by atoms with Crippen LogP contribution in [0.4, 0.5) is 5.69 Å². The van der Waals surface area contributed by atoms with Gasteiger partial charge in [-0.05, 0) is 97.7 Å². The topological polar surface area (TPSA) is 81.9 Å². The molecule has 2 unspecified atom stereocenters. The van der Waals surface area contributed by atoms with Crippen LogP contribution in [0.15, 0.2) is 48.6 Å². The van der Waals surface area contributed by atoms with E-state index in [-0.39, 0.29) is 5.60 Å². The summed E-state index contributed by atoms with van der Waals surface area (Å²) in [7, 11) is 1.82. The highest BCUT2D eigenvalue weighted by atomic mass is 35.5. The molecule has 1 saturated carbocycles. The average molecular weight is 584 g/mol. The first-order valence-corrected chi connectivity index (χ1v) is 15.7. The Morgan fingerprint density at radius 2 is 2.08 bits per heavy atom. The van der Waals surface area contributed by atoms with Crippen molar-refractivity contribution in [1.82, 2.24) is 0 Å². The largest absolute Gasteiger partial charge is 0.491 e. The Labute approximate surface area is 246 Å². The molecule has 40 heavy (non-hydrogen) atoms. The maximum atomic E-state index is 12.2. The minimum Gasteiger partial charge on any atom is -0.491 e. The van der Waals surface area contributed by atoms with Crippen molar-refractivity contribution in [3.63, 3.8) is 0 Å². The molecule has 5 atom stereocenters. The van der Waals surface area contributed by atoms with Crippen molar-refractivity contribution in [2.45, 2.75) is 57.6 Å². The van der Waals surface area contributed by atoms with Crippen molar-refractivity contribution < 1.29 is 18.5 Å². The number of methoxy groups -OCH3 is 1. The van der Waals surface area contributed by atoms with Crippen LogP contribution in [0, 0.1) is 23.7 Å². The summed E-state index contributed by atoms with van der Waals surface area (Å²) in [5, 5.41) is 0.751. The lowest BCUT2D eigenvalue weighted by atomic mass is 9.63. The van der Waals surface area contributed by atoms with E-state index in [9.17, 15) is 9.00 Å². The number of allylic oxidation sites excluding steroid dienone is 1. The van der Waals surface area contributed by atoms with Crippen LogP contribution in [0.5, 0.6) is 5.75 Å². The molecule has 6 nitrogen and oxygen atoms in total. The number of hydrogen-bond donors (Lipinski definition) is 1. The number of carbonyl (C=O) groups is 1. The van der Waals surface area contributed by atoms with Gasteiger partial charge in [0.15, 0.2) is 0 Å². The molecule has 2 aliphatic carbocycles. The lowest BCUT2D eigenvalue weighted by molar-refractivity contribution is -0.0805. The van der Waals surface area contributed by atoms with Crippen molar-refractivity contribution in [2.24, 2.45) is 29.4 Å². The third-order valence-corrected chi connectivity index (χ3v) is 10.2. The first-order valence-electron chi connectivity index (χ1n) is 14.4. The van der Waals surface area contributed by atoms with Crippen LogP contribution in [0.25, 0.3) is 0 Å². The van der Waals surface area contributed by atoms with Crippen molar-refractivity contribution in [3.8, 4) is 5.75 Å². The molecule has 1 fully saturated rings. The van der Waals surface area contributed by atoms with Gasteiger partial charge in [-0.25, -0.2) is 0 Å². The van der Waals surface area contributed by atoms with Gasteiger partial charge in [-0.3, -0.25) is 4.79 Å². The first kappa shape index (κ1) is 29.0. The van der Waals surface area contributed by atoms with Gasteiger partial charge < -0.3 is 20.1 Å². The Kier molecular flexibility index (Phi) is 9.13. The number of benzene rings is 2. The number of hydrogen-bond acceptors (Lipinski definition) is 5. The number of nitrogens with two attached hydrogens (primary N) is 1. The van der Waals surface area contributed by atoms with Crippen LogP contribution in [0.1, 0.15) is 60.5 Å². The van der Waals surface area contributed by atoms with Gasteiger partial charge in [-0.15, -0.1) is 0 Å². The van der Waals surface area contributed by atoms with Crippen molar-refractivity contribution >= 4 is 34.9 Å². The molecule has 2 aromatic rings. The number of nitrogens with zero attached hydrogens (tertiary/aromatic N) is 1. The van der Waals surface area contributed by atoms with Crippen molar-refractivity contribution in [2.75, 3.05) is 30.9 Å². The second-order valence-corrected chi connectivity index (χ2v) is 12.7. The molecular formula is C32H40ClN2O4S+. The van der Waals surface area contributed by atoms with Crippen LogP contribution in [-0.4, -0.2) is 37.5 Å². The van der Waals surface area contributed by atoms with Crippen LogP contribution in [0.3, 0.4) is 0 Å². The molecule has 1 aliphatic heterocycles. The monoisotopic (exact) mass is 583 g/mol. The minimum absolute atomic E-state index is 0.316. The van der Waals surface area contributed by atoms with Gasteiger partial charge >= 0.3 is 11.7 Å². The van der Waals surface area contributed by atoms with Crippen molar-refractivity contribution in [1.29, 1.82) is 0 Å². The number of anilines is 1. The second-order valence-electron chi connectivity index (χ2n) is 11.7. The van der Waals surface area contributed by atoms with Gasteiger partial charge in [0.05, 0.1) is 17.9 Å². The molecule has 0 spiro atoms. The van der Waals surface area contributed by atoms with Crippen LogP contribution in [-0.2, 0) is 33.6 Å². The molecule has 2 aromatic carbocycles. The van der Waals surface area contributed by atoms with Crippen LogP contribution >= 0.6 is 11.6 Å². The van der Waals surface area contributed by atoms with E-state index >= 15 is 0 Å². The SMILES string of the molecule is COC1([C@@H]2CC[C@H]2CN2Cc3ccc(Cl)cc3CCCCOc3ccc(C(N)=O)cc32)C=CC([C@H](C)C[S+]=O)C1. The van der Waals surface area contributed by atoms with Gasteiger partial charge in [0.25, 0.3) is 0 Å². The second kappa shape index (κ2) is 12.6. The summed E-state index contributed by atoms with van der Waals surface area (Å²) in [5.74, 6) is 2.39. The fourth-order valence-corrected chi connectivity index (χ4v) is 7.44. The molecule has 214 valence electrons. The lowest BCUT2D eigenvalue weighted by Crippen LogP contribution is -2.50. The van der Waals surface area contributed by atoms with E-state index in [4.69, 9.17) is 26.8 Å². The number of ether oxygens (including phenoxy) is 2. The summed E-state index contributed by atoms with van der Waals surface area (Å²) in [6.07, 6.45) is 10.6. The number of primary amides is 1. The molecule has 1 heterocycles. The summed E-state index contributed by atoms with van der Waals surface area (Å²) >= 11 is 7.09. The first-order chi connectivity index (χ1) is 19.3. The molecule has 0 saturated heterocycles. The third-order valence-electron chi connectivity index (χ3n) is 9.33. The molecular weight excluding hydrogens is 544 g/mol. The maximum Gasteiger partial charge on any atom is 0.458 e. The summed E-state index contributed by atoms with van der Waals surface area (Å²) in [6, 6.07) is 11.7. The predicted molar refractivity (Wildman–Crippen MR) is 161 cm³/mol. The Balaban J connectivity index is 1.47. The van der Waals surface area contributed by atoms with Gasteiger partial charge in [0.1, 0.15) is 5.75 Å². The number of halogens is 1.